The van der Waals surface area contributed by atoms with Gasteiger partial charge in [-0.3, -0.25) is 0 Å². The standard InChI is InChI=1S/C14H24N4O2S/c1-5-16(4)21(19,20)18-10-9-17(11-13(18)3)14-8-6-7-12(2)15-14/h6-8,13H,5,9-11H2,1-4H3/t13-/m1/s1. The number of aryl methyl sites for hydroxylation is 1. The molecule has 2 heterocycles. The van der Waals surface area contributed by atoms with E-state index in [-0.39, 0.29) is 6.04 Å². The summed E-state index contributed by atoms with van der Waals surface area (Å²) in [5.74, 6) is 0.919. The van der Waals surface area contributed by atoms with Crippen molar-refractivity contribution in [3.05, 3.63) is 23.9 Å². The lowest BCUT2D eigenvalue weighted by Gasteiger charge is -2.40. The van der Waals surface area contributed by atoms with Gasteiger partial charge in [-0.1, -0.05) is 13.0 Å². The van der Waals surface area contributed by atoms with E-state index in [0.29, 0.717) is 26.2 Å². The SMILES string of the molecule is CCN(C)S(=O)(=O)N1CCN(c2cccc(C)n2)C[C@H]1C. The Morgan fingerprint density at radius 3 is 2.67 bits per heavy atom. The van der Waals surface area contributed by atoms with Gasteiger partial charge in [0.1, 0.15) is 5.82 Å². The third-order valence-corrected chi connectivity index (χ3v) is 6.08. The zero-order valence-corrected chi connectivity index (χ0v) is 14.0. The summed E-state index contributed by atoms with van der Waals surface area (Å²) in [7, 11) is -1.73. The smallest absolute Gasteiger partial charge is 0.282 e. The Morgan fingerprint density at radius 2 is 2.10 bits per heavy atom. The van der Waals surface area contributed by atoms with Gasteiger partial charge in [-0.15, -0.1) is 0 Å². The first-order valence-electron chi connectivity index (χ1n) is 7.28. The lowest BCUT2D eigenvalue weighted by molar-refractivity contribution is 0.283. The maximum Gasteiger partial charge on any atom is 0.282 e. The summed E-state index contributed by atoms with van der Waals surface area (Å²) in [6.07, 6.45) is 0. The van der Waals surface area contributed by atoms with Gasteiger partial charge in [-0.2, -0.15) is 17.0 Å². The van der Waals surface area contributed by atoms with Crippen LogP contribution >= 0.6 is 0 Å². The molecule has 0 amide bonds. The summed E-state index contributed by atoms with van der Waals surface area (Å²) in [5, 5.41) is 0. The third-order valence-electron chi connectivity index (χ3n) is 3.90. The lowest BCUT2D eigenvalue weighted by atomic mass is 10.2. The van der Waals surface area contributed by atoms with Crippen molar-refractivity contribution in [1.29, 1.82) is 0 Å². The van der Waals surface area contributed by atoms with E-state index in [1.54, 1.807) is 11.4 Å². The van der Waals surface area contributed by atoms with Gasteiger partial charge >= 0.3 is 0 Å². The monoisotopic (exact) mass is 312 g/mol. The van der Waals surface area contributed by atoms with E-state index in [1.165, 1.54) is 4.31 Å². The van der Waals surface area contributed by atoms with Crippen LogP contribution in [0.15, 0.2) is 18.2 Å². The molecular formula is C14H24N4O2S. The first-order chi connectivity index (χ1) is 9.86. The van der Waals surface area contributed by atoms with E-state index in [0.717, 1.165) is 11.5 Å². The molecule has 118 valence electrons. The molecule has 0 N–H and O–H groups in total. The van der Waals surface area contributed by atoms with Crippen molar-refractivity contribution in [3.63, 3.8) is 0 Å². The topological polar surface area (TPSA) is 56.8 Å². The van der Waals surface area contributed by atoms with Crippen LogP contribution in [0.1, 0.15) is 19.5 Å². The quantitative estimate of drug-likeness (QED) is 0.835. The van der Waals surface area contributed by atoms with Crippen molar-refractivity contribution in [3.8, 4) is 0 Å². The highest BCUT2D eigenvalue weighted by atomic mass is 32.2. The fourth-order valence-corrected chi connectivity index (χ4v) is 4.06. The molecule has 0 aromatic carbocycles. The predicted molar refractivity (Wildman–Crippen MR) is 84.6 cm³/mol. The van der Waals surface area contributed by atoms with Crippen LogP contribution in [-0.4, -0.2) is 61.3 Å². The third kappa shape index (κ3) is 3.36. The molecule has 1 fully saturated rings. The molecule has 0 radical (unpaired) electrons. The number of piperazine rings is 1. The van der Waals surface area contributed by atoms with Crippen LogP contribution in [-0.2, 0) is 10.2 Å². The molecule has 1 aromatic heterocycles. The van der Waals surface area contributed by atoms with E-state index in [4.69, 9.17) is 0 Å². The molecular weight excluding hydrogens is 288 g/mol. The maximum absolute atomic E-state index is 12.4. The molecule has 0 unspecified atom stereocenters. The van der Waals surface area contributed by atoms with Gasteiger partial charge in [0.15, 0.2) is 0 Å². The van der Waals surface area contributed by atoms with Crippen LogP contribution in [0.3, 0.4) is 0 Å². The highest BCUT2D eigenvalue weighted by molar-refractivity contribution is 7.86. The van der Waals surface area contributed by atoms with Crippen LogP contribution in [0.25, 0.3) is 0 Å². The fraction of sp³-hybridized carbons (Fsp3) is 0.643. The molecule has 1 aliphatic heterocycles. The van der Waals surface area contributed by atoms with Crippen molar-refractivity contribution >= 4 is 16.0 Å². The van der Waals surface area contributed by atoms with E-state index in [9.17, 15) is 8.42 Å². The van der Waals surface area contributed by atoms with Crippen molar-refractivity contribution in [2.24, 2.45) is 0 Å². The highest BCUT2D eigenvalue weighted by Crippen LogP contribution is 2.20. The Hall–Kier alpha value is -1.18. The molecule has 1 saturated heterocycles. The molecule has 0 bridgehead atoms. The summed E-state index contributed by atoms with van der Waals surface area (Å²) in [4.78, 5) is 6.67. The second kappa shape index (κ2) is 6.29. The minimum absolute atomic E-state index is 0.0694. The molecule has 6 nitrogen and oxygen atoms in total. The number of hydrogen-bond acceptors (Lipinski definition) is 4. The normalized spacial score (nSPS) is 21.0. The van der Waals surface area contributed by atoms with E-state index >= 15 is 0 Å². The summed E-state index contributed by atoms with van der Waals surface area (Å²) in [6.45, 7) is 8.05. The van der Waals surface area contributed by atoms with Gasteiger partial charge in [0.05, 0.1) is 0 Å². The van der Waals surface area contributed by atoms with Gasteiger partial charge in [-0.25, -0.2) is 4.98 Å². The molecule has 0 saturated carbocycles. The molecule has 2 rings (SSSR count). The first kappa shape index (κ1) is 16.2. The van der Waals surface area contributed by atoms with Gasteiger partial charge in [0, 0.05) is 45.0 Å². The molecule has 1 aromatic rings. The van der Waals surface area contributed by atoms with Crippen molar-refractivity contribution in [2.75, 3.05) is 38.1 Å². The summed E-state index contributed by atoms with van der Waals surface area (Å²) < 4.78 is 27.9. The zero-order valence-electron chi connectivity index (χ0n) is 13.2. The van der Waals surface area contributed by atoms with Gasteiger partial charge < -0.3 is 4.90 Å². The van der Waals surface area contributed by atoms with Crippen molar-refractivity contribution in [2.45, 2.75) is 26.8 Å². The van der Waals surface area contributed by atoms with Crippen LogP contribution in [0, 0.1) is 6.92 Å². The lowest BCUT2D eigenvalue weighted by Crippen LogP contribution is -2.57. The molecule has 0 spiro atoms. The van der Waals surface area contributed by atoms with Crippen molar-refractivity contribution in [1.82, 2.24) is 13.6 Å². The zero-order chi connectivity index (χ0) is 15.6. The van der Waals surface area contributed by atoms with Gasteiger partial charge in [0.25, 0.3) is 10.2 Å². The Labute approximate surface area is 127 Å². The van der Waals surface area contributed by atoms with Crippen LogP contribution in [0.4, 0.5) is 5.82 Å². The van der Waals surface area contributed by atoms with Gasteiger partial charge in [-0.05, 0) is 26.0 Å². The minimum Gasteiger partial charge on any atom is -0.354 e. The molecule has 7 heteroatoms. The number of pyridine rings is 1. The van der Waals surface area contributed by atoms with E-state index in [2.05, 4.69) is 9.88 Å². The highest BCUT2D eigenvalue weighted by Gasteiger charge is 2.34. The predicted octanol–water partition coefficient (Wildman–Crippen LogP) is 1.10. The van der Waals surface area contributed by atoms with Gasteiger partial charge in [0.2, 0.25) is 0 Å². The van der Waals surface area contributed by atoms with E-state index in [1.807, 2.05) is 39.0 Å². The summed E-state index contributed by atoms with van der Waals surface area (Å²) >= 11 is 0. The Morgan fingerprint density at radius 1 is 1.38 bits per heavy atom. The Balaban J connectivity index is 2.13. The second-order valence-corrected chi connectivity index (χ2v) is 7.45. The first-order valence-corrected chi connectivity index (χ1v) is 8.67. The molecule has 21 heavy (non-hydrogen) atoms. The van der Waals surface area contributed by atoms with Crippen molar-refractivity contribution < 1.29 is 8.42 Å². The maximum atomic E-state index is 12.4. The number of aromatic nitrogens is 1. The Bertz CT molecular complexity index is 590. The number of rotatable bonds is 4. The number of anilines is 1. The van der Waals surface area contributed by atoms with Crippen LogP contribution in [0.2, 0.25) is 0 Å². The van der Waals surface area contributed by atoms with E-state index < -0.39 is 10.2 Å². The summed E-state index contributed by atoms with van der Waals surface area (Å²) in [5.41, 5.74) is 0.973. The minimum atomic E-state index is -3.36. The van der Waals surface area contributed by atoms with Crippen LogP contribution < -0.4 is 4.90 Å². The Kier molecular flexibility index (Phi) is 4.85. The molecule has 0 aliphatic carbocycles. The number of nitrogens with zero attached hydrogens (tertiary/aromatic N) is 4. The molecule has 1 aliphatic rings. The fourth-order valence-electron chi connectivity index (χ4n) is 2.54. The largest absolute Gasteiger partial charge is 0.354 e. The van der Waals surface area contributed by atoms with Crippen LogP contribution in [0.5, 0.6) is 0 Å². The molecule has 1 atom stereocenters. The number of hydrogen-bond donors (Lipinski definition) is 0. The second-order valence-electron chi connectivity index (χ2n) is 5.46. The average Bonchev–Trinajstić information content (AvgIpc) is 2.45. The summed E-state index contributed by atoms with van der Waals surface area (Å²) in [6, 6.07) is 5.85. The average molecular weight is 312 g/mol.